The summed E-state index contributed by atoms with van der Waals surface area (Å²) in [7, 11) is 0. The predicted octanol–water partition coefficient (Wildman–Crippen LogP) is -0.195. The first-order valence-electron chi connectivity index (χ1n) is 10.7. The van der Waals surface area contributed by atoms with Gasteiger partial charge >= 0.3 is 0 Å². The third-order valence-corrected chi connectivity index (χ3v) is 5.65. The molecule has 4 heterocycles. The first kappa shape index (κ1) is 23.2. The number of aromatic nitrogens is 6. The molecule has 2 atom stereocenters. The van der Waals surface area contributed by atoms with Crippen LogP contribution in [0.5, 0.6) is 0 Å². The number of ether oxygens (including phenoxy) is 4. The monoisotopic (exact) mass is 462 g/mol. The lowest BCUT2D eigenvalue weighted by molar-refractivity contribution is -0.305. The molecule has 0 saturated carbocycles. The van der Waals surface area contributed by atoms with E-state index in [1.165, 1.54) is 0 Å². The Bertz CT molecular complexity index is 842. The van der Waals surface area contributed by atoms with Gasteiger partial charge in [0.25, 0.3) is 0 Å². The number of hydrogen-bond acceptors (Lipinski definition) is 14. The van der Waals surface area contributed by atoms with Crippen molar-refractivity contribution < 1.29 is 18.9 Å². The van der Waals surface area contributed by atoms with Crippen LogP contribution in [0.25, 0.3) is 0 Å². The van der Waals surface area contributed by atoms with Gasteiger partial charge in [-0.15, -0.1) is 0 Å². The third-order valence-electron chi connectivity index (χ3n) is 5.65. The lowest BCUT2D eigenvalue weighted by Gasteiger charge is -2.44. The van der Waals surface area contributed by atoms with Crippen molar-refractivity contribution in [2.45, 2.75) is 51.1 Å². The van der Waals surface area contributed by atoms with Gasteiger partial charge in [-0.2, -0.15) is 29.9 Å². The Hall–Kier alpha value is -2.94. The Morgan fingerprint density at radius 2 is 0.939 bits per heavy atom. The molecule has 0 bridgehead atoms. The molecule has 2 aromatic heterocycles. The van der Waals surface area contributed by atoms with Gasteiger partial charge in [-0.05, 0) is 0 Å². The molecule has 8 N–H and O–H groups in total. The quantitative estimate of drug-likeness (QED) is 0.437. The summed E-state index contributed by atoms with van der Waals surface area (Å²) >= 11 is 0. The first-order valence-corrected chi connectivity index (χ1v) is 10.7. The fourth-order valence-electron chi connectivity index (χ4n) is 3.78. The molecular weight excluding hydrogens is 432 g/mol. The zero-order chi connectivity index (χ0) is 23.6. The van der Waals surface area contributed by atoms with Gasteiger partial charge in [0, 0.05) is 24.7 Å². The van der Waals surface area contributed by atoms with Gasteiger partial charge in [0.15, 0.2) is 12.6 Å². The van der Waals surface area contributed by atoms with Crippen molar-refractivity contribution in [1.82, 2.24) is 29.9 Å². The van der Waals surface area contributed by atoms with Crippen LogP contribution in [0, 0.1) is 5.41 Å². The highest BCUT2D eigenvalue weighted by Gasteiger charge is 2.42. The smallest absolute Gasteiger partial charge is 0.225 e. The second-order valence-corrected chi connectivity index (χ2v) is 8.70. The van der Waals surface area contributed by atoms with Crippen molar-refractivity contribution in [1.29, 1.82) is 0 Å². The first-order chi connectivity index (χ1) is 15.7. The van der Waals surface area contributed by atoms with E-state index < -0.39 is 12.6 Å². The van der Waals surface area contributed by atoms with Crippen LogP contribution in [-0.4, -0.2) is 68.9 Å². The Morgan fingerprint density at radius 1 is 0.636 bits per heavy atom. The number of nitrogen functional groups attached to an aromatic ring is 4. The molecule has 1 spiro atoms. The number of nitrogens with two attached hydrogens (primary N) is 4. The number of anilines is 4. The van der Waals surface area contributed by atoms with Crippen molar-refractivity contribution in [3.05, 3.63) is 11.6 Å². The molecule has 4 rings (SSSR count). The van der Waals surface area contributed by atoms with Crippen LogP contribution < -0.4 is 22.9 Å². The Kier molecular flexibility index (Phi) is 6.69. The summed E-state index contributed by atoms with van der Waals surface area (Å²) in [6, 6.07) is 0. The molecule has 0 aliphatic carbocycles. The van der Waals surface area contributed by atoms with Gasteiger partial charge in [-0.3, -0.25) is 0 Å². The molecule has 2 aliphatic heterocycles. The Labute approximate surface area is 190 Å². The van der Waals surface area contributed by atoms with Gasteiger partial charge in [0.1, 0.15) is 11.6 Å². The second-order valence-electron chi connectivity index (χ2n) is 8.70. The maximum absolute atomic E-state index is 5.97. The van der Waals surface area contributed by atoms with Gasteiger partial charge in [-0.1, -0.05) is 13.8 Å². The van der Waals surface area contributed by atoms with Crippen LogP contribution >= 0.6 is 0 Å². The van der Waals surface area contributed by atoms with E-state index in [4.69, 9.17) is 41.9 Å². The summed E-state index contributed by atoms with van der Waals surface area (Å²) in [5, 5.41) is 0. The van der Waals surface area contributed by atoms with E-state index in [9.17, 15) is 0 Å². The number of rotatable bonds is 6. The minimum Gasteiger partial charge on any atom is -0.368 e. The zero-order valence-electron chi connectivity index (χ0n) is 18.7. The summed E-state index contributed by atoms with van der Waals surface area (Å²) in [5.41, 5.74) is 22.3. The van der Waals surface area contributed by atoms with E-state index >= 15 is 0 Å². The molecule has 14 heteroatoms. The van der Waals surface area contributed by atoms with E-state index in [-0.39, 0.29) is 41.0 Å². The highest BCUT2D eigenvalue weighted by atomic mass is 16.7. The van der Waals surface area contributed by atoms with Crippen molar-refractivity contribution >= 4 is 23.8 Å². The maximum Gasteiger partial charge on any atom is 0.225 e. The van der Waals surface area contributed by atoms with Gasteiger partial charge in [0.05, 0.1) is 31.8 Å². The number of hydrogen-bond donors (Lipinski definition) is 4. The van der Waals surface area contributed by atoms with Gasteiger partial charge in [-0.25, -0.2) is 0 Å². The topological polar surface area (TPSA) is 218 Å². The van der Waals surface area contributed by atoms with Crippen LogP contribution in [0.3, 0.4) is 0 Å². The lowest BCUT2D eigenvalue weighted by Crippen LogP contribution is -2.52. The normalized spacial score (nSPS) is 27.3. The van der Waals surface area contributed by atoms with Crippen LogP contribution in [-0.2, 0) is 18.9 Å². The van der Waals surface area contributed by atoms with Crippen LogP contribution in [0.4, 0.5) is 23.8 Å². The highest BCUT2D eigenvalue weighted by Crippen LogP contribution is 2.34. The summed E-state index contributed by atoms with van der Waals surface area (Å²) in [6.07, 6.45) is 0.308. The van der Waals surface area contributed by atoms with E-state index in [0.717, 1.165) is 0 Å². The van der Waals surface area contributed by atoms with Gasteiger partial charge in [0.2, 0.25) is 23.8 Å². The Balaban J connectivity index is 1.24. The molecular formula is C19H30N10O4. The van der Waals surface area contributed by atoms with E-state index in [0.29, 0.717) is 50.9 Å². The molecule has 2 fully saturated rings. The average molecular weight is 463 g/mol. The van der Waals surface area contributed by atoms with E-state index in [1.807, 2.05) is 13.8 Å². The summed E-state index contributed by atoms with van der Waals surface area (Å²) in [4.78, 5) is 24.2. The molecule has 33 heavy (non-hydrogen) atoms. The SMILES string of the molecule is CC(CC1OCC2(CO1)COC(CC(C)c1nc(N)nc(N)n1)OC2)c1nc(N)nc(N)n1. The molecule has 180 valence electrons. The summed E-state index contributed by atoms with van der Waals surface area (Å²) in [5.74, 6) is 1.26. The Morgan fingerprint density at radius 3 is 1.24 bits per heavy atom. The van der Waals surface area contributed by atoms with Crippen LogP contribution in [0.2, 0.25) is 0 Å². The highest BCUT2D eigenvalue weighted by molar-refractivity contribution is 5.27. The molecule has 2 aliphatic rings. The minimum atomic E-state index is -0.401. The molecule has 2 unspecified atom stereocenters. The molecule has 0 aromatic carbocycles. The van der Waals surface area contributed by atoms with Crippen molar-refractivity contribution in [3.8, 4) is 0 Å². The molecule has 2 aromatic rings. The van der Waals surface area contributed by atoms with Gasteiger partial charge < -0.3 is 41.9 Å². The fourth-order valence-corrected chi connectivity index (χ4v) is 3.78. The molecule has 0 amide bonds. The van der Waals surface area contributed by atoms with E-state index in [1.54, 1.807) is 0 Å². The summed E-state index contributed by atoms with van der Waals surface area (Å²) < 4.78 is 23.9. The summed E-state index contributed by atoms with van der Waals surface area (Å²) in [6.45, 7) is 5.72. The average Bonchev–Trinajstić information content (AvgIpc) is 2.76. The predicted molar refractivity (Wildman–Crippen MR) is 117 cm³/mol. The van der Waals surface area contributed by atoms with Crippen LogP contribution in [0.15, 0.2) is 0 Å². The largest absolute Gasteiger partial charge is 0.368 e. The maximum atomic E-state index is 5.97. The molecule has 2 saturated heterocycles. The standard InChI is InChI=1S/C19H30N10O4/c1-9(13-24-15(20)28-16(21)25-13)3-11-30-5-19(6-31-11)7-32-12(33-8-19)4-10(2)14-26-17(22)29-18(23)27-14/h9-12H,3-8H2,1-2H3,(H4,20,21,24,25,28)(H4,22,23,26,27,29). The van der Waals surface area contributed by atoms with Crippen molar-refractivity contribution in [2.24, 2.45) is 5.41 Å². The zero-order valence-corrected chi connectivity index (χ0v) is 18.7. The van der Waals surface area contributed by atoms with Crippen LogP contribution in [0.1, 0.15) is 50.2 Å². The fraction of sp³-hybridized carbons (Fsp3) is 0.684. The van der Waals surface area contributed by atoms with Crippen molar-refractivity contribution in [3.63, 3.8) is 0 Å². The third kappa shape index (κ3) is 5.71. The molecule has 14 nitrogen and oxygen atoms in total. The van der Waals surface area contributed by atoms with E-state index in [2.05, 4.69) is 29.9 Å². The second kappa shape index (κ2) is 9.51. The number of nitrogens with zero attached hydrogens (tertiary/aromatic N) is 6. The lowest BCUT2D eigenvalue weighted by atomic mass is 9.90. The minimum absolute atomic E-state index is 0.0696. The van der Waals surface area contributed by atoms with Crippen molar-refractivity contribution in [2.75, 3.05) is 49.4 Å². The molecule has 0 radical (unpaired) electrons.